The van der Waals surface area contributed by atoms with Gasteiger partial charge < -0.3 is 0 Å². The molecule has 21 heavy (non-hydrogen) atoms. The van der Waals surface area contributed by atoms with Crippen molar-refractivity contribution in [2.24, 2.45) is 0 Å². The lowest BCUT2D eigenvalue weighted by Gasteiger charge is -2.34. The van der Waals surface area contributed by atoms with Crippen LogP contribution in [0.3, 0.4) is 0 Å². The lowest BCUT2D eigenvalue weighted by Crippen LogP contribution is -2.45. The number of sulfonamides is 2. The molecule has 1 aromatic rings. The molecule has 1 saturated heterocycles. The van der Waals surface area contributed by atoms with Crippen LogP contribution in [0.25, 0.3) is 0 Å². The minimum atomic E-state index is -3.57. The van der Waals surface area contributed by atoms with Crippen molar-refractivity contribution >= 4 is 20.0 Å². The maximum atomic E-state index is 12.5. The van der Waals surface area contributed by atoms with Crippen molar-refractivity contribution in [3.05, 3.63) is 12.4 Å². The third kappa shape index (κ3) is 4.25. The van der Waals surface area contributed by atoms with Crippen molar-refractivity contribution in [3.8, 4) is 0 Å². The smallest absolute Gasteiger partial charge is 0.246 e. The molecule has 0 aliphatic carbocycles. The molecule has 1 unspecified atom stereocenters. The number of aromatic nitrogens is 2. The lowest BCUT2D eigenvalue weighted by atomic mass is 10.0. The van der Waals surface area contributed by atoms with Crippen molar-refractivity contribution in [1.29, 1.82) is 0 Å². The standard InChI is InChI=1S/C11H20N4O4S2/c1-20(16,17)14-6-5-10-4-2-3-7-15(10)21(18,19)11-8-12-13-9-11/h8-10,14H,2-7H2,1H3,(H,12,13). The van der Waals surface area contributed by atoms with E-state index in [2.05, 4.69) is 14.9 Å². The van der Waals surface area contributed by atoms with E-state index >= 15 is 0 Å². The van der Waals surface area contributed by atoms with Gasteiger partial charge in [-0.2, -0.15) is 9.40 Å². The Bertz CT molecular complexity index is 654. The molecule has 2 rings (SSSR count). The van der Waals surface area contributed by atoms with Gasteiger partial charge >= 0.3 is 0 Å². The average molecular weight is 336 g/mol. The molecule has 0 spiro atoms. The maximum absolute atomic E-state index is 12.5. The predicted molar refractivity (Wildman–Crippen MR) is 77.6 cm³/mol. The largest absolute Gasteiger partial charge is 0.284 e. The summed E-state index contributed by atoms with van der Waals surface area (Å²) in [5, 5.41) is 6.19. The van der Waals surface area contributed by atoms with Crippen LogP contribution in [0.2, 0.25) is 0 Å². The van der Waals surface area contributed by atoms with Gasteiger partial charge in [0.1, 0.15) is 4.90 Å². The average Bonchev–Trinajstić information content (AvgIpc) is 2.92. The molecule has 1 aromatic heterocycles. The van der Waals surface area contributed by atoms with Crippen LogP contribution in [0.4, 0.5) is 0 Å². The number of hydrogen-bond acceptors (Lipinski definition) is 5. The molecule has 0 aromatic carbocycles. The first-order valence-electron chi connectivity index (χ1n) is 6.76. The fourth-order valence-electron chi connectivity index (χ4n) is 2.51. The predicted octanol–water partition coefficient (Wildman–Crippen LogP) is -0.108. The first-order chi connectivity index (χ1) is 9.81. The Hall–Kier alpha value is -0.970. The van der Waals surface area contributed by atoms with Gasteiger partial charge in [-0.05, 0) is 19.3 Å². The van der Waals surface area contributed by atoms with Gasteiger partial charge in [0.25, 0.3) is 0 Å². The molecule has 1 aliphatic heterocycles. The molecule has 2 N–H and O–H groups in total. The fraction of sp³-hybridized carbons (Fsp3) is 0.727. The summed E-state index contributed by atoms with van der Waals surface area (Å²) in [5.41, 5.74) is 0. The summed E-state index contributed by atoms with van der Waals surface area (Å²) in [6.07, 6.45) is 6.69. The number of nitrogens with one attached hydrogen (secondary N) is 2. The summed E-state index contributed by atoms with van der Waals surface area (Å²) in [7, 11) is -6.83. The quantitative estimate of drug-likeness (QED) is 0.753. The first-order valence-corrected chi connectivity index (χ1v) is 10.1. The first kappa shape index (κ1) is 16.4. The minimum Gasteiger partial charge on any atom is -0.284 e. The van der Waals surface area contributed by atoms with Gasteiger partial charge in [0, 0.05) is 25.3 Å². The summed E-state index contributed by atoms with van der Waals surface area (Å²) >= 11 is 0. The Morgan fingerprint density at radius 2 is 2.14 bits per heavy atom. The second kappa shape index (κ2) is 6.42. The normalized spacial score (nSPS) is 21.5. The van der Waals surface area contributed by atoms with Crippen LogP contribution in [-0.4, -0.2) is 56.7 Å². The Balaban J connectivity index is 2.09. The van der Waals surface area contributed by atoms with Crippen LogP contribution in [0, 0.1) is 0 Å². The topological polar surface area (TPSA) is 112 Å². The highest BCUT2D eigenvalue weighted by Gasteiger charge is 2.33. The number of piperidine rings is 1. The van der Waals surface area contributed by atoms with Crippen LogP contribution >= 0.6 is 0 Å². The van der Waals surface area contributed by atoms with Crippen molar-refractivity contribution in [3.63, 3.8) is 0 Å². The van der Waals surface area contributed by atoms with Crippen LogP contribution in [0.1, 0.15) is 25.7 Å². The molecule has 0 saturated carbocycles. The van der Waals surface area contributed by atoms with Crippen molar-refractivity contribution in [2.75, 3.05) is 19.3 Å². The van der Waals surface area contributed by atoms with E-state index in [0.29, 0.717) is 13.0 Å². The highest BCUT2D eigenvalue weighted by molar-refractivity contribution is 7.89. The minimum absolute atomic E-state index is 0.144. The molecule has 120 valence electrons. The number of nitrogens with zero attached hydrogens (tertiary/aromatic N) is 2. The molecule has 2 heterocycles. The molecule has 1 aliphatic rings. The molecule has 1 atom stereocenters. The number of rotatable bonds is 6. The van der Waals surface area contributed by atoms with E-state index in [-0.39, 0.29) is 17.5 Å². The molecule has 10 heteroatoms. The zero-order valence-electron chi connectivity index (χ0n) is 11.8. The van der Waals surface area contributed by atoms with E-state index in [1.54, 1.807) is 0 Å². The number of hydrogen-bond donors (Lipinski definition) is 2. The van der Waals surface area contributed by atoms with Gasteiger partial charge in [0.15, 0.2) is 0 Å². The van der Waals surface area contributed by atoms with Gasteiger partial charge in [0.05, 0.1) is 12.5 Å². The Kier molecular flexibility index (Phi) is 5.02. The van der Waals surface area contributed by atoms with Crippen molar-refractivity contribution in [2.45, 2.75) is 36.6 Å². The Labute approximate surface area is 125 Å². The van der Waals surface area contributed by atoms with Gasteiger partial charge in [-0.15, -0.1) is 0 Å². The van der Waals surface area contributed by atoms with E-state index in [9.17, 15) is 16.8 Å². The van der Waals surface area contributed by atoms with Crippen LogP contribution < -0.4 is 4.72 Å². The van der Waals surface area contributed by atoms with E-state index < -0.39 is 20.0 Å². The molecular formula is C11H20N4O4S2. The lowest BCUT2D eigenvalue weighted by molar-refractivity contribution is 0.242. The molecule has 0 amide bonds. The third-order valence-electron chi connectivity index (χ3n) is 3.49. The van der Waals surface area contributed by atoms with Crippen molar-refractivity contribution in [1.82, 2.24) is 19.2 Å². The maximum Gasteiger partial charge on any atom is 0.246 e. The molecule has 1 fully saturated rings. The van der Waals surface area contributed by atoms with E-state index in [1.807, 2.05) is 0 Å². The molecule has 8 nitrogen and oxygen atoms in total. The second-order valence-electron chi connectivity index (χ2n) is 5.15. The van der Waals surface area contributed by atoms with E-state index in [4.69, 9.17) is 0 Å². The second-order valence-corrected chi connectivity index (χ2v) is 8.88. The molecule has 0 radical (unpaired) electrons. The van der Waals surface area contributed by atoms with Crippen LogP contribution in [0.15, 0.2) is 17.3 Å². The van der Waals surface area contributed by atoms with Crippen molar-refractivity contribution < 1.29 is 16.8 Å². The van der Waals surface area contributed by atoms with Crippen LogP contribution in [-0.2, 0) is 20.0 Å². The summed E-state index contributed by atoms with van der Waals surface area (Å²) in [6, 6.07) is -0.187. The number of aromatic amines is 1. The summed E-state index contributed by atoms with van der Waals surface area (Å²) in [6.45, 7) is 0.692. The SMILES string of the molecule is CS(=O)(=O)NCCC1CCCCN1S(=O)(=O)c1cn[nH]c1. The van der Waals surface area contributed by atoms with Gasteiger partial charge in [-0.25, -0.2) is 21.6 Å². The zero-order valence-corrected chi connectivity index (χ0v) is 13.5. The summed E-state index contributed by atoms with van der Waals surface area (Å²) in [4.78, 5) is 0.144. The van der Waals surface area contributed by atoms with E-state index in [1.165, 1.54) is 16.7 Å². The van der Waals surface area contributed by atoms with Gasteiger partial charge in [-0.3, -0.25) is 5.10 Å². The monoisotopic (exact) mass is 336 g/mol. The highest BCUT2D eigenvalue weighted by atomic mass is 32.2. The van der Waals surface area contributed by atoms with Gasteiger partial charge in [-0.1, -0.05) is 6.42 Å². The molecule has 0 bridgehead atoms. The van der Waals surface area contributed by atoms with Crippen LogP contribution in [0.5, 0.6) is 0 Å². The summed E-state index contributed by atoms with van der Waals surface area (Å²) in [5.74, 6) is 0. The Morgan fingerprint density at radius 1 is 1.38 bits per heavy atom. The highest BCUT2D eigenvalue weighted by Crippen LogP contribution is 2.26. The fourth-order valence-corrected chi connectivity index (χ4v) is 4.63. The summed E-state index contributed by atoms with van der Waals surface area (Å²) < 4.78 is 51.1. The molecular weight excluding hydrogens is 316 g/mol. The van der Waals surface area contributed by atoms with E-state index in [0.717, 1.165) is 25.5 Å². The Morgan fingerprint density at radius 3 is 2.76 bits per heavy atom. The number of H-pyrrole nitrogens is 1. The third-order valence-corrected chi connectivity index (χ3v) is 6.14. The van der Waals surface area contributed by atoms with Gasteiger partial charge in [0.2, 0.25) is 20.0 Å². The zero-order chi connectivity index (χ0) is 15.5.